The Morgan fingerprint density at radius 3 is 1.37 bits per heavy atom. The van der Waals surface area contributed by atoms with Crippen LogP contribution in [0.3, 0.4) is 0 Å². The number of rotatable bonds is 2. The van der Waals surface area contributed by atoms with E-state index in [9.17, 15) is 26.3 Å². The third kappa shape index (κ3) is 4.33. The summed E-state index contributed by atoms with van der Waals surface area (Å²) in [6, 6.07) is 17.8. The number of anilines is 2. The van der Waals surface area contributed by atoms with Crippen LogP contribution in [0.15, 0.2) is 72.8 Å². The van der Waals surface area contributed by atoms with Crippen LogP contribution in [0.5, 0.6) is 11.5 Å². The van der Waals surface area contributed by atoms with E-state index in [0.717, 1.165) is 46.2 Å². The molecule has 0 atom stereocenters. The molecule has 0 spiro atoms. The maximum absolute atomic E-state index is 13.2. The van der Waals surface area contributed by atoms with Crippen molar-refractivity contribution in [2.24, 2.45) is 0 Å². The topological polar surface area (TPSA) is 24.9 Å². The molecule has 196 valence electrons. The zero-order valence-electron chi connectivity index (χ0n) is 19.7. The van der Waals surface area contributed by atoms with Crippen LogP contribution in [-0.4, -0.2) is 13.5 Å². The second kappa shape index (κ2) is 8.75. The fourth-order valence-electron chi connectivity index (χ4n) is 4.91. The van der Waals surface area contributed by atoms with Gasteiger partial charge < -0.3 is 19.3 Å². The van der Waals surface area contributed by atoms with E-state index in [2.05, 4.69) is 0 Å². The van der Waals surface area contributed by atoms with E-state index in [4.69, 9.17) is 9.47 Å². The van der Waals surface area contributed by atoms with Gasteiger partial charge >= 0.3 is 12.4 Å². The monoisotopic (exact) mass is 530 g/mol. The summed E-state index contributed by atoms with van der Waals surface area (Å²) in [7, 11) is 0. The van der Waals surface area contributed by atoms with Gasteiger partial charge in [0.25, 0.3) is 0 Å². The second-order valence-electron chi connectivity index (χ2n) is 9.24. The van der Waals surface area contributed by atoms with E-state index >= 15 is 0 Å². The fraction of sp³-hybridized carbons (Fsp3) is 0.214. The van der Waals surface area contributed by atoms with Crippen LogP contribution in [0.2, 0.25) is 0 Å². The summed E-state index contributed by atoms with van der Waals surface area (Å²) in [5.74, 6) is 1.27. The van der Waals surface area contributed by atoms with Crippen molar-refractivity contribution in [1.29, 1.82) is 0 Å². The van der Waals surface area contributed by atoms with Gasteiger partial charge in [-0.1, -0.05) is 36.4 Å². The summed E-state index contributed by atoms with van der Waals surface area (Å²) in [6.07, 6.45) is -8.87. The van der Waals surface area contributed by atoms with Gasteiger partial charge in [-0.2, -0.15) is 26.3 Å². The van der Waals surface area contributed by atoms with Crippen molar-refractivity contribution < 1.29 is 35.8 Å². The molecule has 0 unspecified atom stereocenters. The highest BCUT2D eigenvalue weighted by atomic mass is 19.4. The Morgan fingerprint density at radius 1 is 0.553 bits per heavy atom. The lowest BCUT2D eigenvalue weighted by molar-refractivity contribution is -0.138. The molecular weight excluding hydrogens is 510 g/mol. The number of alkyl halides is 6. The number of hydrogen-bond acceptors (Lipinski definition) is 4. The Morgan fingerprint density at radius 2 is 0.974 bits per heavy atom. The summed E-state index contributed by atoms with van der Waals surface area (Å²) in [4.78, 5) is 3.45. The van der Waals surface area contributed by atoms with Gasteiger partial charge in [0.1, 0.15) is 11.5 Å². The van der Waals surface area contributed by atoms with Gasteiger partial charge in [0.15, 0.2) is 13.5 Å². The summed E-state index contributed by atoms with van der Waals surface area (Å²) < 4.78 is 91.0. The molecule has 4 aromatic rings. The first-order chi connectivity index (χ1) is 18.1. The normalized spacial score (nSPS) is 15.5. The molecule has 2 heterocycles. The Balaban J connectivity index is 1.27. The molecule has 2 aliphatic rings. The van der Waals surface area contributed by atoms with E-state index in [1.165, 1.54) is 12.1 Å². The minimum Gasteiger partial charge on any atom is -0.472 e. The SMILES string of the molecule is FC(F)(F)c1cccc(N2COc3c(ccc4c5c(ccc34)CN(c3cccc(C(F)(F)F)c3)CO5)C2)c1. The molecule has 0 radical (unpaired) electrons. The van der Waals surface area contributed by atoms with Gasteiger partial charge in [-0.25, -0.2) is 0 Å². The van der Waals surface area contributed by atoms with Crippen molar-refractivity contribution in [3.05, 3.63) is 95.1 Å². The van der Waals surface area contributed by atoms with Crippen LogP contribution in [-0.2, 0) is 25.4 Å². The highest BCUT2D eigenvalue weighted by Crippen LogP contribution is 2.43. The third-order valence-corrected chi connectivity index (χ3v) is 6.79. The molecule has 2 aliphatic heterocycles. The van der Waals surface area contributed by atoms with Crippen molar-refractivity contribution in [2.45, 2.75) is 25.4 Å². The molecule has 0 aromatic heterocycles. The van der Waals surface area contributed by atoms with Crippen molar-refractivity contribution >= 4 is 22.1 Å². The van der Waals surface area contributed by atoms with Gasteiger partial charge in [0, 0.05) is 46.4 Å². The molecule has 10 heteroatoms. The second-order valence-corrected chi connectivity index (χ2v) is 9.24. The highest BCUT2D eigenvalue weighted by Gasteiger charge is 2.33. The molecule has 0 saturated heterocycles. The number of fused-ring (bicyclic) bond motifs is 5. The van der Waals surface area contributed by atoms with E-state index < -0.39 is 23.5 Å². The molecule has 6 rings (SSSR count). The smallest absolute Gasteiger partial charge is 0.416 e. The van der Waals surface area contributed by atoms with Gasteiger partial charge in [-0.15, -0.1) is 0 Å². The van der Waals surface area contributed by atoms with E-state index in [1.54, 1.807) is 21.9 Å². The van der Waals surface area contributed by atoms with Crippen LogP contribution in [0.25, 0.3) is 10.8 Å². The molecule has 0 saturated carbocycles. The van der Waals surface area contributed by atoms with Crippen molar-refractivity contribution in [3.8, 4) is 11.5 Å². The standard InChI is InChI=1S/C28H20F6N2O2/c29-27(30,31)19-3-1-5-21(11-19)35-13-17-7-9-24-23(25(17)37-15-35)10-8-18-14-36(16-38-26(18)24)22-6-2-4-20(12-22)28(32,33)34/h1-12H,13-16H2. The minimum absolute atomic E-state index is 0.0781. The average molecular weight is 530 g/mol. The summed E-state index contributed by atoms with van der Waals surface area (Å²) in [5.41, 5.74) is 1.03. The first-order valence-electron chi connectivity index (χ1n) is 11.8. The average Bonchev–Trinajstić information content (AvgIpc) is 2.91. The number of hydrogen-bond donors (Lipinski definition) is 0. The van der Waals surface area contributed by atoms with Crippen LogP contribution in [0, 0.1) is 0 Å². The molecule has 4 aromatic carbocycles. The minimum atomic E-state index is -4.43. The summed E-state index contributed by atoms with van der Waals surface area (Å²) >= 11 is 0. The van der Waals surface area contributed by atoms with E-state index in [0.29, 0.717) is 36.0 Å². The van der Waals surface area contributed by atoms with E-state index in [1.807, 2.05) is 24.3 Å². The summed E-state index contributed by atoms with van der Waals surface area (Å²) in [5, 5.41) is 1.61. The number of nitrogens with zero attached hydrogens (tertiary/aromatic N) is 2. The van der Waals surface area contributed by atoms with Gasteiger partial charge in [-0.05, 0) is 36.4 Å². The molecule has 0 amide bonds. The number of halogens is 6. The predicted octanol–water partition coefficient (Wildman–Crippen LogP) is 7.59. The maximum Gasteiger partial charge on any atom is 0.416 e. The Hall–Kier alpha value is -4.08. The third-order valence-electron chi connectivity index (χ3n) is 6.79. The van der Waals surface area contributed by atoms with Gasteiger partial charge in [0.05, 0.1) is 11.1 Å². The molecule has 0 bridgehead atoms. The van der Waals surface area contributed by atoms with Crippen molar-refractivity contribution in [2.75, 3.05) is 23.3 Å². The predicted molar refractivity (Wildman–Crippen MR) is 130 cm³/mol. The highest BCUT2D eigenvalue weighted by molar-refractivity contribution is 5.95. The number of benzene rings is 4. The Bertz CT molecular complexity index is 1420. The lowest BCUT2D eigenvalue weighted by Gasteiger charge is -2.34. The quantitative estimate of drug-likeness (QED) is 0.249. The first kappa shape index (κ1) is 24.3. The van der Waals surface area contributed by atoms with Gasteiger partial charge in [0.2, 0.25) is 0 Å². The van der Waals surface area contributed by atoms with Crippen LogP contribution >= 0.6 is 0 Å². The lowest BCUT2D eigenvalue weighted by Crippen LogP contribution is -2.33. The zero-order valence-corrected chi connectivity index (χ0v) is 19.7. The molecule has 0 fully saturated rings. The molecule has 0 N–H and O–H groups in total. The zero-order chi connectivity index (χ0) is 26.7. The molecule has 38 heavy (non-hydrogen) atoms. The molecule has 4 nitrogen and oxygen atoms in total. The largest absolute Gasteiger partial charge is 0.472 e. The van der Waals surface area contributed by atoms with Crippen molar-refractivity contribution in [3.63, 3.8) is 0 Å². The fourth-order valence-corrected chi connectivity index (χ4v) is 4.91. The first-order valence-corrected chi connectivity index (χ1v) is 11.8. The van der Waals surface area contributed by atoms with Crippen molar-refractivity contribution in [1.82, 2.24) is 0 Å². The maximum atomic E-state index is 13.2. The Labute approximate surface area is 213 Å². The van der Waals surface area contributed by atoms with Crippen LogP contribution in [0.4, 0.5) is 37.7 Å². The molecular formula is C28H20F6N2O2. The molecule has 0 aliphatic carbocycles. The summed E-state index contributed by atoms with van der Waals surface area (Å²) in [6.45, 7) is 0.894. The van der Waals surface area contributed by atoms with Crippen LogP contribution in [0.1, 0.15) is 22.3 Å². The number of ether oxygens (including phenoxy) is 2. The Kier molecular flexibility index (Phi) is 5.59. The lowest BCUT2D eigenvalue weighted by atomic mass is 9.99. The van der Waals surface area contributed by atoms with Crippen LogP contribution < -0.4 is 19.3 Å². The van der Waals surface area contributed by atoms with E-state index in [-0.39, 0.29) is 13.5 Å². The van der Waals surface area contributed by atoms with Gasteiger partial charge in [-0.3, -0.25) is 0 Å².